The number of aryl methyl sites for hydroxylation is 1. The van der Waals surface area contributed by atoms with Gasteiger partial charge in [0, 0.05) is 38.9 Å². The van der Waals surface area contributed by atoms with Crippen LogP contribution in [0.3, 0.4) is 0 Å². The van der Waals surface area contributed by atoms with Crippen LogP contribution in [0.25, 0.3) is 0 Å². The molecular formula is C14H21N3O4S. The molecule has 0 aromatic carbocycles. The highest BCUT2D eigenvalue weighted by atomic mass is 32.2. The second-order valence-corrected chi connectivity index (χ2v) is 7.69. The number of rotatable bonds is 4. The first-order valence-corrected chi connectivity index (χ1v) is 9.02. The summed E-state index contributed by atoms with van der Waals surface area (Å²) in [6.07, 6.45) is 4.38. The van der Waals surface area contributed by atoms with E-state index in [-0.39, 0.29) is 17.4 Å². The third-order valence-corrected chi connectivity index (χ3v) is 5.12. The molecule has 1 N–H and O–H groups in total. The van der Waals surface area contributed by atoms with Crippen molar-refractivity contribution in [1.82, 2.24) is 14.2 Å². The molecule has 1 amide bonds. The van der Waals surface area contributed by atoms with Gasteiger partial charge in [0.05, 0.1) is 11.8 Å². The van der Waals surface area contributed by atoms with E-state index in [0.717, 1.165) is 12.8 Å². The van der Waals surface area contributed by atoms with Gasteiger partial charge >= 0.3 is 0 Å². The van der Waals surface area contributed by atoms with Crippen LogP contribution in [-0.4, -0.2) is 49.1 Å². The first-order valence-electron chi connectivity index (χ1n) is 7.17. The molecule has 1 aliphatic rings. The standard InChI is InChI=1S/C14H21N3O4S/c1-16-10-12(5-6-13(16)18)14(19)15-8-11-4-3-7-17(9-11)22(2,20)21/h5-6,10-11H,3-4,7-9H2,1-2H3,(H,15,19)/t11-/m1/s1. The third-order valence-electron chi connectivity index (χ3n) is 3.85. The SMILES string of the molecule is Cn1cc(C(=O)NC[C@H]2CCCN(S(C)(=O)=O)C2)ccc1=O. The number of amides is 1. The minimum atomic E-state index is -3.18. The lowest BCUT2D eigenvalue weighted by molar-refractivity contribution is 0.0941. The van der Waals surface area contributed by atoms with Gasteiger partial charge < -0.3 is 9.88 Å². The summed E-state index contributed by atoms with van der Waals surface area (Å²) in [5.74, 6) is -0.146. The Bertz CT molecular complexity index is 711. The molecule has 1 fully saturated rings. The molecule has 1 aromatic rings. The Labute approximate surface area is 130 Å². The van der Waals surface area contributed by atoms with E-state index in [9.17, 15) is 18.0 Å². The van der Waals surface area contributed by atoms with Crippen molar-refractivity contribution in [3.63, 3.8) is 0 Å². The van der Waals surface area contributed by atoms with Gasteiger partial charge in [-0.3, -0.25) is 9.59 Å². The van der Waals surface area contributed by atoms with E-state index in [2.05, 4.69) is 5.32 Å². The van der Waals surface area contributed by atoms with Crippen molar-refractivity contribution in [2.45, 2.75) is 12.8 Å². The lowest BCUT2D eigenvalue weighted by atomic mass is 9.99. The number of pyridine rings is 1. The van der Waals surface area contributed by atoms with Crippen molar-refractivity contribution in [3.05, 3.63) is 34.2 Å². The maximum absolute atomic E-state index is 12.1. The predicted octanol–water partition coefficient (Wildman–Crippen LogP) is -0.213. The summed E-state index contributed by atoms with van der Waals surface area (Å²) < 4.78 is 25.9. The average molecular weight is 327 g/mol. The summed E-state index contributed by atoms with van der Waals surface area (Å²) in [6, 6.07) is 2.84. The quantitative estimate of drug-likeness (QED) is 0.828. The Hall–Kier alpha value is -1.67. The molecule has 0 radical (unpaired) electrons. The fourth-order valence-electron chi connectivity index (χ4n) is 2.56. The molecule has 0 spiro atoms. The van der Waals surface area contributed by atoms with Gasteiger partial charge in [0.15, 0.2) is 0 Å². The van der Waals surface area contributed by atoms with Crippen LogP contribution >= 0.6 is 0 Å². The van der Waals surface area contributed by atoms with Crippen molar-refractivity contribution in [1.29, 1.82) is 0 Å². The number of aromatic nitrogens is 1. The Morgan fingerprint density at radius 1 is 1.41 bits per heavy atom. The molecule has 1 saturated heterocycles. The van der Waals surface area contributed by atoms with Crippen molar-refractivity contribution in [2.24, 2.45) is 13.0 Å². The molecule has 2 rings (SSSR count). The fraction of sp³-hybridized carbons (Fsp3) is 0.571. The Morgan fingerprint density at radius 3 is 2.77 bits per heavy atom. The molecule has 0 bridgehead atoms. The Morgan fingerprint density at radius 2 is 2.14 bits per heavy atom. The molecule has 7 nitrogen and oxygen atoms in total. The second-order valence-electron chi connectivity index (χ2n) is 5.71. The van der Waals surface area contributed by atoms with E-state index in [1.54, 1.807) is 7.05 Å². The summed E-state index contributed by atoms with van der Waals surface area (Å²) in [4.78, 5) is 23.4. The smallest absolute Gasteiger partial charge is 0.252 e. The zero-order chi connectivity index (χ0) is 16.3. The minimum absolute atomic E-state index is 0.111. The van der Waals surface area contributed by atoms with Gasteiger partial charge in [-0.25, -0.2) is 12.7 Å². The molecular weight excluding hydrogens is 306 g/mol. The minimum Gasteiger partial charge on any atom is -0.352 e. The predicted molar refractivity (Wildman–Crippen MR) is 83.2 cm³/mol. The second kappa shape index (κ2) is 6.62. The van der Waals surface area contributed by atoms with Crippen molar-refractivity contribution in [3.8, 4) is 0 Å². The van der Waals surface area contributed by atoms with Crippen LogP contribution in [0.15, 0.2) is 23.1 Å². The van der Waals surface area contributed by atoms with Crippen LogP contribution in [0.2, 0.25) is 0 Å². The maximum atomic E-state index is 12.1. The summed E-state index contributed by atoms with van der Waals surface area (Å²) in [5, 5.41) is 2.81. The molecule has 8 heteroatoms. The molecule has 122 valence electrons. The lowest BCUT2D eigenvalue weighted by Crippen LogP contribution is -2.43. The first kappa shape index (κ1) is 16.7. The number of hydrogen-bond acceptors (Lipinski definition) is 4. The van der Waals surface area contributed by atoms with E-state index in [1.165, 1.54) is 33.5 Å². The van der Waals surface area contributed by atoms with Gasteiger partial charge in [-0.2, -0.15) is 0 Å². The normalized spacial score (nSPS) is 19.8. The van der Waals surface area contributed by atoms with Gasteiger partial charge in [-0.15, -0.1) is 0 Å². The highest BCUT2D eigenvalue weighted by Gasteiger charge is 2.26. The number of nitrogens with one attached hydrogen (secondary N) is 1. The largest absolute Gasteiger partial charge is 0.352 e. The topological polar surface area (TPSA) is 88.5 Å². The summed E-state index contributed by atoms with van der Waals surface area (Å²) >= 11 is 0. The summed E-state index contributed by atoms with van der Waals surface area (Å²) in [6.45, 7) is 1.41. The number of sulfonamides is 1. The first-order chi connectivity index (χ1) is 10.3. The van der Waals surface area contributed by atoms with E-state index < -0.39 is 10.0 Å². The Balaban J connectivity index is 1.93. The van der Waals surface area contributed by atoms with Crippen LogP contribution in [0.4, 0.5) is 0 Å². The molecule has 1 aliphatic heterocycles. The van der Waals surface area contributed by atoms with Crippen LogP contribution < -0.4 is 10.9 Å². The lowest BCUT2D eigenvalue weighted by Gasteiger charge is -2.30. The van der Waals surface area contributed by atoms with Crippen molar-refractivity contribution in [2.75, 3.05) is 25.9 Å². The van der Waals surface area contributed by atoms with Crippen molar-refractivity contribution >= 4 is 15.9 Å². The number of hydrogen-bond donors (Lipinski definition) is 1. The Kier molecular flexibility index (Phi) is 5.02. The van der Waals surface area contributed by atoms with Gasteiger partial charge in [0.1, 0.15) is 0 Å². The molecule has 0 aliphatic carbocycles. The molecule has 2 heterocycles. The van der Waals surface area contributed by atoms with E-state index in [1.807, 2.05) is 0 Å². The van der Waals surface area contributed by atoms with E-state index >= 15 is 0 Å². The highest BCUT2D eigenvalue weighted by molar-refractivity contribution is 7.88. The zero-order valence-electron chi connectivity index (χ0n) is 12.8. The number of nitrogens with zero attached hydrogens (tertiary/aromatic N) is 2. The van der Waals surface area contributed by atoms with Gasteiger partial charge in [0.2, 0.25) is 15.6 Å². The van der Waals surface area contributed by atoms with Gasteiger partial charge in [0.25, 0.3) is 5.91 Å². The van der Waals surface area contributed by atoms with E-state index in [4.69, 9.17) is 0 Å². The number of carbonyl (C=O) groups excluding carboxylic acids is 1. The monoisotopic (exact) mass is 327 g/mol. The fourth-order valence-corrected chi connectivity index (χ4v) is 3.50. The average Bonchev–Trinajstić information content (AvgIpc) is 2.47. The molecule has 1 atom stereocenters. The van der Waals surface area contributed by atoms with E-state index in [0.29, 0.717) is 25.2 Å². The number of piperidine rings is 1. The van der Waals surface area contributed by atoms with Gasteiger partial charge in [-0.05, 0) is 24.8 Å². The molecule has 0 unspecified atom stereocenters. The van der Waals surface area contributed by atoms with Crippen LogP contribution in [0.5, 0.6) is 0 Å². The zero-order valence-corrected chi connectivity index (χ0v) is 13.6. The van der Waals surface area contributed by atoms with Crippen LogP contribution in [0, 0.1) is 5.92 Å². The molecule has 22 heavy (non-hydrogen) atoms. The highest BCUT2D eigenvalue weighted by Crippen LogP contribution is 2.18. The number of carbonyl (C=O) groups is 1. The van der Waals surface area contributed by atoms with Gasteiger partial charge in [-0.1, -0.05) is 0 Å². The maximum Gasteiger partial charge on any atom is 0.252 e. The van der Waals surface area contributed by atoms with Crippen LogP contribution in [-0.2, 0) is 17.1 Å². The summed E-state index contributed by atoms with van der Waals surface area (Å²) in [7, 11) is -1.59. The van der Waals surface area contributed by atoms with Crippen LogP contribution in [0.1, 0.15) is 23.2 Å². The van der Waals surface area contributed by atoms with Crippen molar-refractivity contribution < 1.29 is 13.2 Å². The summed E-state index contributed by atoms with van der Waals surface area (Å²) in [5.41, 5.74) is 0.241. The molecule has 1 aromatic heterocycles. The molecule has 0 saturated carbocycles. The third kappa shape index (κ3) is 4.17.